The molecule has 226 valence electrons. The van der Waals surface area contributed by atoms with Crippen LogP contribution in [-0.2, 0) is 14.8 Å². The molecule has 2 aliphatic heterocycles. The topological polar surface area (TPSA) is 106 Å². The van der Waals surface area contributed by atoms with Gasteiger partial charge in [-0.15, -0.1) is 0 Å². The van der Waals surface area contributed by atoms with Crippen LogP contribution in [0.25, 0.3) is 0 Å². The molecule has 0 amide bonds. The normalized spacial score (nSPS) is 20.5. The van der Waals surface area contributed by atoms with Gasteiger partial charge >= 0.3 is 5.97 Å². The molecule has 0 saturated carbocycles. The number of carboxylic acid groups (broad SMARTS) is 1. The van der Waals surface area contributed by atoms with Crippen molar-refractivity contribution in [2.45, 2.75) is 64.3 Å². The van der Waals surface area contributed by atoms with Crippen LogP contribution in [0.1, 0.15) is 75.5 Å². The standard InChI is InChI=1S/C31H44N2O7S/c1-4-6-7-8-9-19-41(36,37)33(16-5-2)18-17-32-21-26(24-12-15-27-28(20-24)40-22-39-27)29(31(34)35)30(32)23-10-13-25(38-3)14-11-23/h10-15,20,26,29-30H,4-9,16-19,21-22H2,1-3H3,(H,34,35)/t26-,29-,30+/m1/s1. The molecule has 9 nitrogen and oxygen atoms in total. The smallest absolute Gasteiger partial charge is 0.309 e. The van der Waals surface area contributed by atoms with Crippen molar-refractivity contribution in [3.8, 4) is 17.2 Å². The average Bonchev–Trinajstić information content (AvgIpc) is 3.59. The van der Waals surface area contributed by atoms with Gasteiger partial charge in [0.25, 0.3) is 0 Å². The van der Waals surface area contributed by atoms with E-state index in [0.717, 1.165) is 36.8 Å². The Balaban J connectivity index is 1.59. The summed E-state index contributed by atoms with van der Waals surface area (Å²) in [5.74, 6) is 0.165. The van der Waals surface area contributed by atoms with E-state index in [0.29, 0.717) is 56.3 Å². The molecule has 2 aromatic rings. The Morgan fingerprint density at radius 2 is 1.68 bits per heavy atom. The quantitative estimate of drug-likeness (QED) is 0.264. The van der Waals surface area contributed by atoms with Crippen molar-refractivity contribution in [3.63, 3.8) is 0 Å². The van der Waals surface area contributed by atoms with E-state index >= 15 is 0 Å². The zero-order valence-corrected chi connectivity index (χ0v) is 25.3. The van der Waals surface area contributed by atoms with Crippen LogP contribution >= 0.6 is 0 Å². The van der Waals surface area contributed by atoms with Crippen molar-refractivity contribution < 1.29 is 32.5 Å². The van der Waals surface area contributed by atoms with Crippen LogP contribution < -0.4 is 14.2 Å². The number of carboxylic acids is 1. The number of methoxy groups -OCH3 is 1. The van der Waals surface area contributed by atoms with Gasteiger partial charge in [-0.05, 0) is 48.2 Å². The summed E-state index contributed by atoms with van der Waals surface area (Å²) in [7, 11) is -1.82. The zero-order valence-electron chi connectivity index (χ0n) is 24.5. The summed E-state index contributed by atoms with van der Waals surface area (Å²) in [6.45, 7) is 5.94. The maximum atomic E-state index is 13.3. The molecule has 4 rings (SSSR count). The first-order chi connectivity index (χ1) is 19.8. The summed E-state index contributed by atoms with van der Waals surface area (Å²) < 4.78 is 44.6. The Hall–Kier alpha value is -2.82. The van der Waals surface area contributed by atoms with Crippen LogP contribution in [0.5, 0.6) is 17.2 Å². The Kier molecular flexibility index (Phi) is 10.9. The van der Waals surface area contributed by atoms with E-state index in [1.54, 1.807) is 11.4 Å². The molecule has 0 aromatic heterocycles. The first-order valence-corrected chi connectivity index (χ1v) is 16.4. The number of hydrogen-bond acceptors (Lipinski definition) is 7. The van der Waals surface area contributed by atoms with Crippen LogP contribution in [0.15, 0.2) is 42.5 Å². The van der Waals surface area contributed by atoms with Gasteiger partial charge in [0.1, 0.15) is 5.75 Å². The van der Waals surface area contributed by atoms with E-state index in [1.165, 1.54) is 0 Å². The second-order valence-electron chi connectivity index (χ2n) is 10.9. The van der Waals surface area contributed by atoms with Crippen LogP contribution in [0, 0.1) is 5.92 Å². The molecule has 2 heterocycles. The molecule has 0 spiro atoms. The summed E-state index contributed by atoms with van der Waals surface area (Å²) in [4.78, 5) is 15.0. The Bertz CT molecular complexity index is 1250. The molecule has 3 atom stereocenters. The van der Waals surface area contributed by atoms with Crippen molar-refractivity contribution in [1.29, 1.82) is 0 Å². The number of nitrogens with zero attached hydrogens (tertiary/aromatic N) is 2. The summed E-state index contributed by atoms with van der Waals surface area (Å²) in [5.41, 5.74) is 1.73. The molecule has 2 aromatic carbocycles. The molecule has 0 radical (unpaired) electrons. The first kappa shape index (κ1) is 31.1. The SMILES string of the molecule is CCCCCCCS(=O)(=O)N(CCC)CCN1C[C@H](c2ccc3c(c2)OCO3)[C@@H](C(=O)O)[C@@H]1c1ccc(OC)cc1. The number of fused-ring (bicyclic) bond motifs is 1. The Labute approximate surface area is 244 Å². The summed E-state index contributed by atoms with van der Waals surface area (Å²) in [6, 6.07) is 12.7. The zero-order chi connectivity index (χ0) is 29.4. The van der Waals surface area contributed by atoms with Gasteiger partial charge in [-0.25, -0.2) is 12.7 Å². The minimum Gasteiger partial charge on any atom is -0.497 e. The van der Waals surface area contributed by atoms with E-state index in [1.807, 2.05) is 49.4 Å². The number of likely N-dealkylation sites (tertiary alicyclic amines) is 1. The second kappa shape index (κ2) is 14.4. The lowest BCUT2D eigenvalue weighted by Gasteiger charge is -2.30. The molecule has 41 heavy (non-hydrogen) atoms. The third-order valence-electron chi connectivity index (χ3n) is 8.17. The highest BCUT2D eigenvalue weighted by Crippen LogP contribution is 2.47. The van der Waals surface area contributed by atoms with Crippen LogP contribution in [0.4, 0.5) is 0 Å². The van der Waals surface area contributed by atoms with Crippen LogP contribution in [0.3, 0.4) is 0 Å². The Morgan fingerprint density at radius 3 is 2.37 bits per heavy atom. The van der Waals surface area contributed by atoms with Gasteiger partial charge in [0.2, 0.25) is 16.8 Å². The lowest BCUT2D eigenvalue weighted by Crippen LogP contribution is -2.40. The van der Waals surface area contributed by atoms with Gasteiger partial charge in [0.15, 0.2) is 11.5 Å². The highest BCUT2D eigenvalue weighted by atomic mass is 32.2. The van der Waals surface area contributed by atoms with E-state index in [-0.39, 0.29) is 18.5 Å². The number of sulfonamides is 1. The molecule has 1 N–H and O–H groups in total. The molecule has 1 saturated heterocycles. The fourth-order valence-electron chi connectivity index (χ4n) is 6.04. The third-order valence-corrected chi connectivity index (χ3v) is 10.1. The lowest BCUT2D eigenvalue weighted by atomic mass is 9.82. The molecular weight excluding hydrogens is 544 g/mol. The van der Waals surface area contributed by atoms with Gasteiger partial charge in [-0.1, -0.05) is 57.7 Å². The van der Waals surface area contributed by atoms with Crippen molar-refractivity contribution in [3.05, 3.63) is 53.6 Å². The number of carbonyl (C=O) groups is 1. The monoisotopic (exact) mass is 588 g/mol. The van der Waals surface area contributed by atoms with Gasteiger partial charge in [-0.2, -0.15) is 0 Å². The molecular formula is C31H44N2O7S. The maximum absolute atomic E-state index is 13.3. The highest BCUT2D eigenvalue weighted by molar-refractivity contribution is 7.89. The molecule has 10 heteroatoms. The molecule has 2 aliphatic rings. The van der Waals surface area contributed by atoms with E-state index < -0.39 is 28.0 Å². The number of benzene rings is 2. The van der Waals surface area contributed by atoms with E-state index in [2.05, 4.69) is 11.8 Å². The van der Waals surface area contributed by atoms with E-state index in [9.17, 15) is 18.3 Å². The fraction of sp³-hybridized carbons (Fsp3) is 0.581. The minimum atomic E-state index is -3.41. The van der Waals surface area contributed by atoms with Gasteiger partial charge < -0.3 is 19.3 Å². The number of aliphatic carboxylic acids is 1. The summed E-state index contributed by atoms with van der Waals surface area (Å²) in [6.07, 6.45) is 5.58. The lowest BCUT2D eigenvalue weighted by molar-refractivity contribution is -0.143. The van der Waals surface area contributed by atoms with Crippen LogP contribution in [-0.4, -0.2) is 74.5 Å². The predicted molar refractivity (Wildman–Crippen MR) is 158 cm³/mol. The van der Waals surface area contributed by atoms with Crippen molar-refractivity contribution >= 4 is 16.0 Å². The van der Waals surface area contributed by atoms with Crippen LogP contribution in [0.2, 0.25) is 0 Å². The Morgan fingerprint density at radius 1 is 0.976 bits per heavy atom. The fourth-order valence-corrected chi connectivity index (χ4v) is 7.68. The predicted octanol–water partition coefficient (Wildman–Crippen LogP) is 5.28. The van der Waals surface area contributed by atoms with Crippen molar-refractivity contribution in [2.75, 3.05) is 45.8 Å². The third kappa shape index (κ3) is 7.53. The minimum absolute atomic E-state index is 0.146. The molecule has 1 fully saturated rings. The maximum Gasteiger partial charge on any atom is 0.309 e. The summed E-state index contributed by atoms with van der Waals surface area (Å²) >= 11 is 0. The number of ether oxygens (including phenoxy) is 3. The van der Waals surface area contributed by atoms with Crippen molar-refractivity contribution in [2.24, 2.45) is 5.92 Å². The number of rotatable bonds is 16. The highest BCUT2D eigenvalue weighted by Gasteiger charge is 2.47. The summed E-state index contributed by atoms with van der Waals surface area (Å²) in [5, 5.41) is 10.5. The van der Waals surface area contributed by atoms with Gasteiger partial charge in [0, 0.05) is 38.1 Å². The van der Waals surface area contributed by atoms with Gasteiger partial charge in [-0.3, -0.25) is 9.69 Å². The van der Waals surface area contributed by atoms with Gasteiger partial charge in [0.05, 0.1) is 18.8 Å². The van der Waals surface area contributed by atoms with E-state index in [4.69, 9.17) is 14.2 Å². The number of hydrogen-bond donors (Lipinski definition) is 1. The second-order valence-corrected chi connectivity index (χ2v) is 13.0. The number of unbranched alkanes of at least 4 members (excludes halogenated alkanes) is 4. The average molecular weight is 589 g/mol. The largest absolute Gasteiger partial charge is 0.497 e. The molecule has 0 unspecified atom stereocenters. The molecule has 0 aliphatic carbocycles. The van der Waals surface area contributed by atoms with Crippen molar-refractivity contribution in [1.82, 2.24) is 9.21 Å². The first-order valence-electron chi connectivity index (χ1n) is 14.8. The molecule has 0 bridgehead atoms.